The quantitative estimate of drug-likeness (QED) is 0.612. The summed E-state index contributed by atoms with van der Waals surface area (Å²) >= 11 is 0. The van der Waals surface area contributed by atoms with Crippen LogP contribution in [0.4, 0.5) is 17.1 Å². The monoisotopic (exact) mass is 381 g/mol. The molecule has 7 nitrogen and oxygen atoms in total. The SMILES string of the molecule is CCOC(=O)c1ccc(N2C(=O)CC(Nc3ccc(N(C)C)cc3)C2=O)cc1. The standard InChI is InChI=1S/C21H23N3O4/c1-4-28-21(27)14-5-9-17(10-6-14)24-19(25)13-18(20(24)26)22-15-7-11-16(12-8-15)23(2)3/h5-12,18,22H,4,13H2,1-3H3. The fourth-order valence-corrected chi connectivity index (χ4v) is 3.03. The zero-order valence-electron chi connectivity index (χ0n) is 16.1. The highest BCUT2D eigenvalue weighted by Gasteiger charge is 2.39. The van der Waals surface area contributed by atoms with Crippen LogP contribution in [0.15, 0.2) is 48.5 Å². The predicted octanol–water partition coefficient (Wildman–Crippen LogP) is 2.67. The molecule has 2 amide bonds. The lowest BCUT2D eigenvalue weighted by atomic mass is 10.2. The van der Waals surface area contributed by atoms with E-state index in [1.54, 1.807) is 31.2 Å². The number of carbonyl (C=O) groups excluding carboxylic acids is 3. The van der Waals surface area contributed by atoms with Crippen molar-refractivity contribution in [1.82, 2.24) is 0 Å². The van der Waals surface area contributed by atoms with Crippen LogP contribution in [0.3, 0.4) is 0 Å². The highest BCUT2D eigenvalue weighted by atomic mass is 16.5. The first-order valence-electron chi connectivity index (χ1n) is 9.08. The smallest absolute Gasteiger partial charge is 0.338 e. The van der Waals surface area contributed by atoms with Gasteiger partial charge in [-0.2, -0.15) is 0 Å². The summed E-state index contributed by atoms with van der Waals surface area (Å²) in [6.07, 6.45) is 0.0773. The second kappa shape index (κ2) is 8.12. The van der Waals surface area contributed by atoms with Crippen LogP contribution < -0.4 is 15.1 Å². The molecule has 0 saturated carbocycles. The number of ether oxygens (including phenoxy) is 1. The average molecular weight is 381 g/mol. The second-order valence-corrected chi connectivity index (χ2v) is 6.68. The minimum atomic E-state index is -0.623. The van der Waals surface area contributed by atoms with Crippen LogP contribution in [0, 0.1) is 0 Å². The van der Waals surface area contributed by atoms with Crippen LogP contribution >= 0.6 is 0 Å². The maximum Gasteiger partial charge on any atom is 0.338 e. The van der Waals surface area contributed by atoms with Crippen molar-refractivity contribution in [1.29, 1.82) is 0 Å². The minimum absolute atomic E-state index is 0.0773. The number of anilines is 3. The van der Waals surface area contributed by atoms with Gasteiger partial charge in [0.2, 0.25) is 5.91 Å². The van der Waals surface area contributed by atoms with Gasteiger partial charge < -0.3 is 15.0 Å². The van der Waals surface area contributed by atoms with Crippen LogP contribution in [0.1, 0.15) is 23.7 Å². The molecular weight excluding hydrogens is 358 g/mol. The maximum atomic E-state index is 12.8. The molecule has 1 N–H and O–H groups in total. The lowest BCUT2D eigenvalue weighted by Crippen LogP contribution is -2.34. The minimum Gasteiger partial charge on any atom is -0.462 e. The second-order valence-electron chi connectivity index (χ2n) is 6.68. The van der Waals surface area contributed by atoms with Gasteiger partial charge in [0.05, 0.1) is 24.3 Å². The molecular formula is C21H23N3O4. The number of nitrogens with one attached hydrogen (secondary N) is 1. The molecule has 1 saturated heterocycles. The molecule has 1 aliphatic heterocycles. The van der Waals surface area contributed by atoms with E-state index < -0.39 is 12.0 Å². The Morgan fingerprint density at radius 2 is 1.75 bits per heavy atom. The lowest BCUT2D eigenvalue weighted by Gasteiger charge is -2.17. The van der Waals surface area contributed by atoms with Crippen LogP contribution in [-0.2, 0) is 14.3 Å². The summed E-state index contributed by atoms with van der Waals surface area (Å²) in [6, 6.07) is 13.3. The first-order chi connectivity index (χ1) is 13.4. The molecule has 1 atom stereocenters. The van der Waals surface area contributed by atoms with Gasteiger partial charge in [0, 0.05) is 25.5 Å². The number of hydrogen-bond acceptors (Lipinski definition) is 6. The Kier molecular flexibility index (Phi) is 5.63. The summed E-state index contributed by atoms with van der Waals surface area (Å²) < 4.78 is 4.94. The van der Waals surface area contributed by atoms with Crippen LogP contribution in [0.25, 0.3) is 0 Å². The Hall–Kier alpha value is -3.35. The normalized spacial score (nSPS) is 16.2. The van der Waals surface area contributed by atoms with E-state index in [2.05, 4.69) is 5.32 Å². The van der Waals surface area contributed by atoms with E-state index in [1.165, 1.54) is 0 Å². The van der Waals surface area contributed by atoms with Crippen molar-refractivity contribution in [2.45, 2.75) is 19.4 Å². The number of rotatable bonds is 6. The molecule has 28 heavy (non-hydrogen) atoms. The highest BCUT2D eigenvalue weighted by Crippen LogP contribution is 2.26. The average Bonchev–Trinajstić information content (AvgIpc) is 2.96. The molecule has 0 aliphatic carbocycles. The summed E-state index contributed by atoms with van der Waals surface area (Å²) in [6.45, 7) is 2.02. The molecule has 0 radical (unpaired) electrons. The van der Waals surface area contributed by atoms with E-state index in [0.29, 0.717) is 11.3 Å². The van der Waals surface area contributed by atoms with Crippen molar-refractivity contribution < 1.29 is 19.1 Å². The Labute approximate surface area is 163 Å². The largest absolute Gasteiger partial charge is 0.462 e. The van der Waals surface area contributed by atoms with Crippen molar-refractivity contribution in [3.05, 3.63) is 54.1 Å². The van der Waals surface area contributed by atoms with Gasteiger partial charge in [-0.1, -0.05) is 0 Å². The summed E-state index contributed by atoms with van der Waals surface area (Å²) in [5, 5.41) is 3.13. The third kappa shape index (κ3) is 3.98. The van der Waals surface area contributed by atoms with Gasteiger partial charge in [0.1, 0.15) is 6.04 Å². The molecule has 1 fully saturated rings. The van der Waals surface area contributed by atoms with E-state index in [1.807, 2.05) is 43.3 Å². The fourth-order valence-electron chi connectivity index (χ4n) is 3.03. The van der Waals surface area contributed by atoms with Gasteiger partial charge >= 0.3 is 5.97 Å². The van der Waals surface area contributed by atoms with E-state index in [4.69, 9.17) is 4.74 Å². The molecule has 0 spiro atoms. The van der Waals surface area contributed by atoms with Crippen molar-refractivity contribution >= 4 is 34.8 Å². The molecule has 1 aliphatic rings. The first-order valence-corrected chi connectivity index (χ1v) is 9.08. The molecule has 1 heterocycles. The van der Waals surface area contributed by atoms with E-state index in [9.17, 15) is 14.4 Å². The van der Waals surface area contributed by atoms with E-state index >= 15 is 0 Å². The summed E-state index contributed by atoms with van der Waals surface area (Å²) in [5.41, 5.74) is 2.63. The number of hydrogen-bond donors (Lipinski definition) is 1. The van der Waals surface area contributed by atoms with Crippen molar-refractivity contribution in [3.8, 4) is 0 Å². The van der Waals surface area contributed by atoms with Crippen LogP contribution in [0.2, 0.25) is 0 Å². The Bertz CT molecular complexity index is 876. The molecule has 146 valence electrons. The number of nitrogens with zero attached hydrogens (tertiary/aromatic N) is 2. The zero-order valence-corrected chi connectivity index (χ0v) is 16.1. The van der Waals surface area contributed by atoms with Gasteiger partial charge in [-0.05, 0) is 55.5 Å². The number of carbonyl (C=O) groups is 3. The number of benzene rings is 2. The molecule has 0 aromatic heterocycles. The van der Waals surface area contributed by atoms with Gasteiger partial charge in [-0.3, -0.25) is 9.59 Å². The van der Waals surface area contributed by atoms with Crippen LogP contribution in [-0.4, -0.2) is 44.5 Å². The first kappa shape index (κ1) is 19.4. The molecule has 1 unspecified atom stereocenters. The number of imide groups is 1. The molecule has 2 aromatic carbocycles. The van der Waals surface area contributed by atoms with E-state index in [-0.39, 0.29) is 24.8 Å². The van der Waals surface area contributed by atoms with E-state index in [0.717, 1.165) is 16.3 Å². The number of esters is 1. The Morgan fingerprint density at radius 1 is 1.11 bits per heavy atom. The van der Waals surface area contributed by atoms with Gasteiger partial charge in [0.15, 0.2) is 0 Å². The fraction of sp³-hybridized carbons (Fsp3) is 0.286. The predicted molar refractivity (Wildman–Crippen MR) is 108 cm³/mol. The molecule has 7 heteroatoms. The van der Waals surface area contributed by atoms with Gasteiger partial charge in [-0.25, -0.2) is 9.69 Å². The highest BCUT2D eigenvalue weighted by molar-refractivity contribution is 6.23. The topological polar surface area (TPSA) is 79.0 Å². The Balaban J connectivity index is 1.71. The third-order valence-corrected chi connectivity index (χ3v) is 4.51. The molecule has 0 bridgehead atoms. The van der Waals surface area contributed by atoms with Gasteiger partial charge in [-0.15, -0.1) is 0 Å². The van der Waals surface area contributed by atoms with Crippen molar-refractivity contribution in [2.75, 3.05) is 35.8 Å². The molecule has 2 aromatic rings. The summed E-state index contributed by atoms with van der Waals surface area (Å²) in [4.78, 5) is 40.1. The summed E-state index contributed by atoms with van der Waals surface area (Å²) in [7, 11) is 3.90. The van der Waals surface area contributed by atoms with Crippen molar-refractivity contribution in [2.24, 2.45) is 0 Å². The number of amides is 2. The third-order valence-electron chi connectivity index (χ3n) is 4.51. The van der Waals surface area contributed by atoms with Crippen molar-refractivity contribution in [3.63, 3.8) is 0 Å². The zero-order chi connectivity index (χ0) is 20.3. The molecule has 3 rings (SSSR count). The maximum absolute atomic E-state index is 12.8. The summed E-state index contributed by atoms with van der Waals surface area (Å²) in [5.74, 6) is -1.03. The Morgan fingerprint density at radius 3 is 2.32 bits per heavy atom. The lowest BCUT2D eigenvalue weighted by molar-refractivity contribution is -0.121. The van der Waals surface area contributed by atoms with Gasteiger partial charge in [0.25, 0.3) is 5.91 Å². The van der Waals surface area contributed by atoms with Crippen LogP contribution in [0.5, 0.6) is 0 Å².